The minimum absolute atomic E-state index is 0.150. The first-order chi connectivity index (χ1) is 7.54. The SMILES string of the molecule is CCCCOP(=O)(OCCCC)OS(=O)[O-]. The number of hydrogen-bond donors (Lipinski definition) is 0. The smallest absolute Gasteiger partial charge is 0.487 e. The average Bonchev–Trinajstić information content (AvgIpc) is 2.17. The van der Waals surface area contributed by atoms with Crippen LogP contribution in [0.5, 0.6) is 0 Å². The molecular weight excluding hydrogens is 255 g/mol. The lowest BCUT2D eigenvalue weighted by Crippen LogP contribution is -2.04. The quantitative estimate of drug-likeness (QED) is 0.345. The predicted molar refractivity (Wildman–Crippen MR) is 59.3 cm³/mol. The van der Waals surface area contributed by atoms with Gasteiger partial charge < -0.3 is 4.55 Å². The van der Waals surface area contributed by atoms with E-state index in [1.54, 1.807) is 0 Å². The molecule has 98 valence electrons. The maximum atomic E-state index is 11.7. The van der Waals surface area contributed by atoms with Gasteiger partial charge in [0.2, 0.25) is 0 Å². The molecule has 0 saturated heterocycles. The molecule has 0 N–H and O–H groups in total. The van der Waals surface area contributed by atoms with Crippen LogP contribution in [0.3, 0.4) is 0 Å². The fraction of sp³-hybridized carbons (Fsp3) is 1.00. The van der Waals surface area contributed by atoms with Crippen LogP contribution in [0.25, 0.3) is 0 Å². The monoisotopic (exact) mass is 273 g/mol. The van der Waals surface area contributed by atoms with Crippen LogP contribution < -0.4 is 0 Å². The Bertz CT molecular complexity index is 233. The van der Waals surface area contributed by atoms with Crippen LogP contribution in [-0.2, 0) is 28.9 Å². The molecule has 16 heavy (non-hydrogen) atoms. The summed E-state index contributed by atoms with van der Waals surface area (Å²) in [7, 11) is -3.95. The molecule has 0 aliphatic heterocycles. The predicted octanol–water partition coefficient (Wildman–Crippen LogP) is 2.54. The summed E-state index contributed by atoms with van der Waals surface area (Å²) in [5, 5.41) is 0. The van der Waals surface area contributed by atoms with Crippen molar-refractivity contribution >= 4 is 19.2 Å². The number of unbranched alkanes of at least 4 members (excludes halogenated alkanes) is 2. The summed E-state index contributed by atoms with van der Waals surface area (Å²) in [6.45, 7) is 4.16. The highest BCUT2D eigenvalue weighted by atomic mass is 32.2. The van der Waals surface area contributed by atoms with Crippen molar-refractivity contribution in [2.75, 3.05) is 13.2 Å². The highest BCUT2D eigenvalue weighted by Crippen LogP contribution is 2.50. The molecule has 0 bridgehead atoms. The number of rotatable bonds is 10. The Kier molecular flexibility index (Phi) is 9.40. The summed E-state index contributed by atoms with van der Waals surface area (Å²) >= 11 is -2.91. The lowest BCUT2D eigenvalue weighted by atomic mass is 10.4. The van der Waals surface area contributed by atoms with Crippen molar-refractivity contribution in [2.24, 2.45) is 0 Å². The summed E-state index contributed by atoms with van der Waals surface area (Å²) < 4.78 is 46.2. The second-order valence-electron chi connectivity index (χ2n) is 3.10. The molecule has 1 atom stereocenters. The van der Waals surface area contributed by atoms with Crippen LogP contribution in [-0.4, -0.2) is 22.0 Å². The lowest BCUT2D eigenvalue weighted by Gasteiger charge is -2.18. The van der Waals surface area contributed by atoms with Gasteiger partial charge in [-0.15, -0.1) is 0 Å². The van der Waals surface area contributed by atoms with Crippen LogP contribution in [0.1, 0.15) is 39.5 Å². The van der Waals surface area contributed by atoms with E-state index < -0.39 is 19.2 Å². The van der Waals surface area contributed by atoms with Gasteiger partial charge in [-0.1, -0.05) is 26.7 Å². The Labute approximate surface area is 98.8 Å². The summed E-state index contributed by atoms with van der Waals surface area (Å²) in [4.78, 5) is 0. The van der Waals surface area contributed by atoms with Gasteiger partial charge >= 0.3 is 7.82 Å². The molecule has 0 saturated carbocycles. The average molecular weight is 273 g/mol. The Morgan fingerprint density at radius 2 is 1.56 bits per heavy atom. The Morgan fingerprint density at radius 3 is 1.88 bits per heavy atom. The Hall–Kier alpha value is 0.220. The molecule has 0 aromatic heterocycles. The fourth-order valence-electron chi connectivity index (χ4n) is 0.796. The van der Waals surface area contributed by atoms with Crippen molar-refractivity contribution in [1.29, 1.82) is 0 Å². The maximum absolute atomic E-state index is 11.7. The second kappa shape index (κ2) is 9.27. The Morgan fingerprint density at radius 1 is 1.12 bits per heavy atom. The molecule has 8 heteroatoms. The van der Waals surface area contributed by atoms with E-state index in [9.17, 15) is 13.3 Å². The number of phosphoric acid groups is 1. The van der Waals surface area contributed by atoms with Crippen LogP contribution in [0.4, 0.5) is 0 Å². The molecule has 0 radical (unpaired) electrons. The molecule has 0 aromatic carbocycles. The van der Waals surface area contributed by atoms with E-state index in [0.717, 1.165) is 12.8 Å². The molecule has 6 nitrogen and oxygen atoms in total. The molecule has 0 amide bonds. The van der Waals surface area contributed by atoms with E-state index >= 15 is 0 Å². The van der Waals surface area contributed by atoms with Crippen molar-refractivity contribution in [1.82, 2.24) is 0 Å². The minimum Gasteiger partial charge on any atom is -0.749 e. The maximum Gasteiger partial charge on any atom is 0.487 e. The molecule has 0 fully saturated rings. The van der Waals surface area contributed by atoms with Crippen molar-refractivity contribution in [3.05, 3.63) is 0 Å². The lowest BCUT2D eigenvalue weighted by molar-refractivity contribution is 0.153. The zero-order valence-electron chi connectivity index (χ0n) is 9.55. The van der Waals surface area contributed by atoms with Gasteiger partial charge in [0.1, 0.15) is 0 Å². The molecule has 0 aliphatic rings. The summed E-state index contributed by atoms with van der Waals surface area (Å²) in [5.41, 5.74) is 0. The summed E-state index contributed by atoms with van der Waals surface area (Å²) in [6.07, 6.45) is 3.01. The van der Waals surface area contributed by atoms with Gasteiger partial charge in [-0.3, -0.25) is 9.05 Å². The Balaban J connectivity index is 4.13. The molecule has 0 spiro atoms. The molecule has 0 rings (SSSR count). The number of phosphoric ester groups is 1. The normalized spacial score (nSPS) is 13.9. The molecule has 1 unspecified atom stereocenters. The topological polar surface area (TPSA) is 84.9 Å². The first-order valence-electron chi connectivity index (χ1n) is 5.22. The van der Waals surface area contributed by atoms with Crippen LogP contribution in [0.15, 0.2) is 0 Å². The van der Waals surface area contributed by atoms with Gasteiger partial charge in [0.05, 0.1) is 24.6 Å². The van der Waals surface area contributed by atoms with E-state index in [-0.39, 0.29) is 13.2 Å². The first-order valence-corrected chi connectivity index (χ1v) is 7.68. The first kappa shape index (κ1) is 16.2. The summed E-state index contributed by atoms with van der Waals surface area (Å²) in [6, 6.07) is 0. The van der Waals surface area contributed by atoms with E-state index in [2.05, 4.69) is 3.97 Å². The molecule has 0 aromatic rings. The van der Waals surface area contributed by atoms with Crippen molar-refractivity contribution in [3.63, 3.8) is 0 Å². The van der Waals surface area contributed by atoms with Crippen molar-refractivity contribution in [3.8, 4) is 0 Å². The standard InChI is InChI=1S/C8H19O6PS/c1-3-5-7-12-15(9,14-16(10)11)13-8-6-4-2/h3-8H2,1-2H3,(H,10,11)/p-1. The van der Waals surface area contributed by atoms with Crippen LogP contribution in [0, 0.1) is 0 Å². The zero-order valence-corrected chi connectivity index (χ0v) is 11.3. The largest absolute Gasteiger partial charge is 0.749 e. The van der Waals surface area contributed by atoms with Crippen molar-refractivity contribution in [2.45, 2.75) is 39.5 Å². The van der Waals surface area contributed by atoms with E-state index in [1.807, 2.05) is 13.8 Å². The molecular formula is C8H18O6PS-. The van der Waals surface area contributed by atoms with Crippen LogP contribution in [0.2, 0.25) is 0 Å². The van der Waals surface area contributed by atoms with Gasteiger partial charge in [0.25, 0.3) is 0 Å². The highest BCUT2D eigenvalue weighted by Gasteiger charge is 2.27. The number of hydrogen-bond acceptors (Lipinski definition) is 6. The molecule has 0 heterocycles. The fourth-order valence-corrected chi connectivity index (χ4v) is 2.52. The third kappa shape index (κ3) is 8.38. The van der Waals surface area contributed by atoms with Crippen molar-refractivity contribution < 1.29 is 26.3 Å². The van der Waals surface area contributed by atoms with E-state index in [4.69, 9.17) is 9.05 Å². The van der Waals surface area contributed by atoms with Gasteiger partial charge in [-0.05, 0) is 12.8 Å². The van der Waals surface area contributed by atoms with E-state index in [0.29, 0.717) is 12.8 Å². The van der Waals surface area contributed by atoms with Gasteiger partial charge in [-0.25, -0.2) is 8.77 Å². The van der Waals surface area contributed by atoms with E-state index in [1.165, 1.54) is 0 Å². The zero-order chi connectivity index (χ0) is 12.4. The second-order valence-corrected chi connectivity index (χ2v) is 5.51. The third-order valence-electron chi connectivity index (χ3n) is 1.65. The van der Waals surface area contributed by atoms with Gasteiger partial charge in [0, 0.05) is 0 Å². The summed E-state index contributed by atoms with van der Waals surface area (Å²) in [5.74, 6) is 0. The van der Waals surface area contributed by atoms with Gasteiger partial charge in [-0.2, -0.15) is 3.97 Å². The highest BCUT2D eigenvalue weighted by molar-refractivity contribution is 7.79. The van der Waals surface area contributed by atoms with Gasteiger partial charge in [0.15, 0.2) is 0 Å². The molecule has 0 aliphatic carbocycles. The van der Waals surface area contributed by atoms with Crippen LogP contribution >= 0.6 is 7.82 Å². The third-order valence-corrected chi connectivity index (χ3v) is 3.86. The minimum atomic E-state index is -3.95.